The van der Waals surface area contributed by atoms with Gasteiger partial charge in [0.15, 0.2) is 0 Å². The number of hydrogen-bond acceptors (Lipinski definition) is 7. The van der Waals surface area contributed by atoms with Crippen molar-refractivity contribution in [2.75, 3.05) is 35.6 Å². The van der Waals surface area contributed by atoms with Gasteiger partial charge in [-0.1, -0.05) is 0 Å². The molecule has 1 amide bonds. The molecule has 1 fully saturated rings. The third-order valence-electron chi connectivity index (χ3n) is 2.93. The van der Waals surface area contributed by atoms with Gasteiger partial charge in [-0.05, 0) is 19.3 Å². The Morgan fingerprint density at radius 1 is 1.21 bits per heavy atom. The Kier molecular flexibility index (Phi) is 4.32. The molecule has 0 aliphatic carbocycles. The summed E-state index contributed by atoms with van der Waals surface area (Å²) in [6.07, 6.45) is 3.73. The van der Waals surface area contributed by atoms with E-state index in [1.807, 2.05) is 0 Å². The van der Waals surface area contributed by atoms with Crippen LogP contribution in [0.3, 0.4) is 0 Å². The molecular weight excluding hydrogens is 246 g/mol. The van der Waals surface area contributed by atoms with Gasteiger partial charge in [-0.2, -0.15) is 15.0 Å². The van der Waals surface area contributed by atoms with E-state index in [4.69, 9.17) is 11.5 Å². The summed E-state index contributed by atoms with van der Waals surface area (Å²) < 4.78 is 0. The van der Waals surface area contributed by atoms with Gasteiger partial charge in [0.05, 0.1) is 0 Å². The van der Waals surface area contributed by atoms with Crippen molar-refractivity contribution in [3.05, 3.63) is 0 Å². The number of nitrogen functional groups attached to an aromatic ring is 1. The average Bonchev–Trinajstić information content (AvgIpc) is 2.39. The van der Waals surface area contributed by atoms with Crippen LogP contribution >= 0.6 is 0 Å². The average molecular weight is 265 g/mol. The first-order valence-electron chi connectivity index (χ1n) is 6.44. The van der Waals surface area contributed by atoms with Crippen molar-refractivity contribution in [1.82, 2.24) is 15.0 Å². The number of nitrogens with two attached hydrogens (primary N) is 2. The van der Waals surface area contributed by atoms with Crippen LogP contribution in [0.5, 0.6) is 0 Å². The molecule has 19 heavy (non-hydrogen) atoms. The van der Waals surface area contributed by atoms with Gasteiger partial charge < -0.3 is 21.7 Å². The van der Waals surface area contributed by atoms with Crippen molar-refractivity contribution in [2.24, 2.45) is 5.73 Å². The van der Waals surface area contributed by atoms with E-state index in [9.17, 15) is 4.79 Å². The van der Waals surface area contributed by atoms with Gasteiger partial charge in [0.2, 0.25) is 23.8 Å². The molecule has 104 valence electrons. The molecule has 2 heterocycles. The van der Waals surface area contributed by atoms with Gasteiger partial charge in [-0.15, -0.1) is 0 Å². The van der Waals surface area contributed by atoms with E-state index in [1.54, 1.807) is 0 Å². The fraction of sp³-hybridized carbons (Fsp3) is 0.636. The monoisotopic (exact) mass is 265 g/mol. The van der Waals surface area contributed by atoms with E-state index in [2.05, 4.69) is 25.2 Å². The second kappa shape index (κ2) is 6.17. The molecular formula is C11H19N7O. The summed E-state index contributed by atoms with van der Waals surface area (Å²) in [5.74, 6) is 0.783. The summed E-state index contributed by atoms with van der Waals surface area (Å²) in [5.41, 5.74) is 10.7. The zero-order valence-electron chi connectivity index (χ0n) is 10.8. The fourth-order valence-electron chi connectivity index (χ4n) is 1.99. The minimum absolute atomic E-state index is 0.178. The Morgan fingerprint density at radius 3 is 2.63 bits per heavy atom. The first-order chi connectivity index (χ1) is 9.15. The zero-order valence-corrected chi connectivity index (χ0v) is 10.8. The lowest BCUT2D eigenvalue weighted by Crippen LogP contribution is -2.31. The van der Waals surface area contributed by atoms with E-state index < -0.39 is 0 Å². The van der Waals surface area contributed by atoms with Crippen LogP contribution in [-0.2, 0) is 4.79 Å². The van der Waals surface area contributed by atoms with Crippen molar-refractivity contribution in [2.45, 2.75) is 25.7 Å². The first-order valence-corrected chi connectivity index (χ1v) is 6.44. The number of aromatic nitrogens is 3. The second-order valence-electron chi connectivity index (χ2n) is 4.51. The van der Waals surface area contributed by atoms with Crippen molar-refractivity contribution in [3.63, 3.8) is 0 Å². The van der Waals surface area contributed by atoms with Crippen LogP contribution in [0, 0.1) is 0 Å². The number of primary amides is 1. The Balaban J connectivity index is 2.03. The summed E-state index contributed by atoms with van der Waals surface area (Å²) in [4.78, 5) is 25.2. The fourth-order valence-corrected chi connectivity index (χ4v) is 1.99. The maximum Gasteiger partial charge on any atom is 0.231 e. The summed E-state index contributed by atoms with van der Waals surface area (Å²) >= 11 is 0. The van der Waals surface area contributed by atoms with Gasteiger partial charge in [-0.3, -0.25) is 4.79 Å². The molecule has 8 heteroatoms. The lowest BCUT2D eigenvalue weighted by Gasteiger charge is -2.26. The maximum absolute atomic E-state index is 10.7. The Bertz CT molecular complexity index is 445. The molecule has 5 N–H and O–H groups in total. The molecule has 2 rings (SSSR count). The number of piperidine rings is 1. The van der Waals surface area contributed by atoms with Gasteiger partial charge in [0, 0.05) is 26.1 Å². The van der Waals surface area contributed by atoms with Gasteiger partial charge >= 0.3 is 0 Å². The summed E-state index contributed by atoms with van der Waals surface area (Å²) in [7, 11) is 0. The molecule has 1 aromatic rings. The Labute approximate surface area is 111 Å². The number of carbonyl (C=O) groups is 1. The standard InChI is InChI=1S/C11H19N7O/c12-8(19)4-5-14-10-15-9(13)16-11(17-10)18-6-2-1-3-7-18/h1-7H2,(H2,12,19)(H3,13,14,15,16,17). The van der Waals surface area contributed by atoms with E-state index in [0.717, 1.165) is 25.9 Å². The molecule has 0 aromatic carbocycles. The summed E-state index contributed by atoms with van der Waals surface area (Å²) in [6, 6.07) is 0. The van der Waals surface area contributed by atoms with E-state index in [0.29, 0.717) is 18.4 Å². The van der Waals surface area contributed by atoms with Crippen LogP contribution < -0.4 is 21.7 Å². The smallest absolute Gasteiger partial charge is 0.231 e. The third-order valence-corrected chi connectivity index (χ3v) is 2.93. The normalized spacial score (nSPS) is 15.3. The van der Waals surface area contributed by atoms with E-state index >= 15 is 0 Å². The number of carbonyl (C=O) groups excluding carboxylic acids is 1. The number of hydrogen-bond donors (Lipinski definition) is 3. The SMILES string of the molecule is NC(=O)CCNc1nc(N)nc(N2CCCCC2)n1. The van der Waals surface area contributed by atoms with E-state index in [1.165, 1.54) is 6.42 Å². The quantitative estimate of drug-likeness (QED) is 0.669. The number of rotatable bonds is 5. The number of amides is 1. The van der Waals surface area contributed by atoms with Crippen molar-refractivity contribution in [1.29, 1.82) is 0 Å². The van der Waals surface area contributed by atoms with Crippen LogP contribution in [0.15, 0.2) is 0 Å². The molecule has 8 nitrogen and oxygen atoms in total. The lowest BCUT2D eigenvalue weighted by atomic mass is 10.1. The molecule has 0 saturated carbocycles. The van der Waals surface area contributed by atoms with Gasteiger partial charge in [0.1, 0.15) is 0 Å². The summed E-state index contributed by atoms with van der Waals surface area (Å²) in [6.45, 7) is 2.26. The molecule has 0 unspecified atom stereocenters. The molecule has 1 aromatic heterocycles. The second-order valence-corrected chi connectivity index (χ2v) is 4.51. The van der Waals surface area contributed by atoms with Crippen LogP contribution in [-0.4, -0.2) is 40.5 Å². The molecule has 1 aliphatic heterocycles. The highest BCUT2D eigenvalue weighted by atomic mass is 16.1. The molecule has 0 bridgehead atoms. The molecule has 0 atom stereocenters. The predicted octanol–water partition coefficient (Wildman–Crippen LogP) is -0.269. The zero-order chi connectivity index (χ0) is 13.7. The highest BCUT2D eigenvalue weighted by Crippen LogP contribution is 2.17. The first kappa shape index (κ1) is 13.3. The van der Waals surface area contributed by atoms with Gasteiger partial charge in [0.25, 0.3) is 0 Å². The van der Waals surface area contributed by atoms with Crippen LogP contribution in [0.4, 0.5) is 17.8 Å². The van der Waals surface area contributed by atoms with Crippen molar-refractivity contribution >= 4 is 23.8 Å². The van der Waals surface area contributed by atoms with Gasteiger partial charge in [-0.25, -0.2) is 0 Å². The van der Waals surface area contributed by atoms with Crippen molar-refractivity contribution in [3.8, 4) is 0 Å². The predicted molar refractivity (Wildman–Crippen MR) is 72.6 cm³/mol. The molecule has 0 radical (unpaired) electrons. The topological polar surface area (TPSA) is 123 Å². The molecule has 0 spiro atoms. The number of nitrogens with zero attached hydrogens (tertiary/aromatic N) is 4. The van der Waals surface area contributed by atoms with Crippen molar-refractivity contribution < 1.29 is 4.79 Å². The minimum Gasteiger partial charge on any atom is -0.370 e. The van der Waals surface area contributed by atoms with Crippen LogP contribution in [0.25, 0.3) is 0 Å². The number of anilines is 3. The minimum atomic E-state index is -0.370. The lowest BCUT2D eigenvalue weighted by molar-refractivity contribution is -0.117. The number of nitrogens with one attached hydrogen (secondary N) is 1. The molecule has 1 saturated heterocycles. The largest absolute Gasteiger partial charge is 0.370 e. The Morgan fingerprint density at radius 2 is 1.95 bits per heavy atom. The highest BCUT2D eigenvalue weighted by Gasteiger charge is 2.15. The Hall–Kier alpha value is -2.12. The van der Waals surface area contributed by atoms with Crippen LogP contribution in [0.2, 0.25) is 0 Å². The third kappa shape index (κ3) is 3.94. The maximum atomic E-state index is 10.7. The van der Waals surface area contributed by atoms with Crippen LogP contribution in [0.1, 0.15) is 25.7 Å². The molecule has 1 aliphatic rings. The summed E-state index contributed by atoms with van der Waals surface area (Å²) in [5, 5.41) is 2.93. The van der Waals surface area contributed by atoms with E-state index in [-0.39, 0.29) is 18.3 Å². The highest BCUT2D eigenvalue weighted by molar-refractivity contribution is 5.74.